The maximum Gasteiger partial charge on any atom is 0.254 e. The molecule has 1 saturated carbocycles. The van der Waals surface area contributed by atoms with E-state index in [1.54, 1.807) is 0 Å². The van der Waals surface area contributed by atoms with Gasteiger partial charge in [-0.2, -0.15) is 0 Å². The summed E-state index contributed by atoms with van der Waals surface area (Å²) in [6, 6.07) is 6.46. The number of ether oxygens (including phenoxy) is 1. The number of hydrogen-bond acceptors (Lipinski definition) is 4. The number of carbonyl (C=O) groups excluding carboxylic acids is 2. The maximum atomic E-state index is 13.1. The average Bonchev–Trinajstić information content (AvgIpc) is 3.29. The Bertz CT molecular complexity index is 785. The fourth-order valence-electron chi connectivity index (χ4n) is 5.02. The number of piperazine rings is 1. The molecule has 0 spiro atoms. The van der Waals surface area contributed by atoms with Gasteiger partial charge < -0.3 is 19.4 Å². The van der Waals surface area contributed by atoms with Gasteiger partial charge in [-0.1, -0.05) is 0 Å². The van der Waals surface area contributed by atoms with Crippen LogP contribution in [-0.4, -0.2) is 73.1 Å². The third kappa shape index (κ3) is 3.28. The number of carbonyl (C=O) groups is 2. The molecule has 0 radical (unpaired) electrons. The van der Waals surface area contributed by atoms with Gasteiger partial charge >= 0.3 is 0 Å². The van der Waals surface area contributed by atoms with E-state index in [9.17, 15) is 9.59 Å². The minimum absolute atomic E-state index is 0.110. The highest BCUT2D eigenvalue weighted by molar-refractivity contribution is 5.95. The second kappa shape index (κ2) is 7.07. The van der Waals surface area contributed by atoms with Crippen molar-refractivity contribution >= 4 is 17.5 Å². The lowest BCUT2D eigenvalue weighted by molar-refractivity contribution is -0.133. The number of rotatable bonds is 4. The monoisotopic (exact) mass is 383 g/mol. The molecule has 2 amide bonds. The lowest BCUT2D eigenvalue weighted by atomic mass is 10.1. The molecular weight excluding hydrogens is 354 g/mol. The molecule has 1 aromatic rings. The predicted octanol–water partition coefficient (Wildman–Crippen LogP) is 2.06. The Morgan fingerprint density at radius 1 is 1.07 bits per heavy atom. The first-order valence-corrected chi connectivity index (χ1v) is 10.6. The van der Waals surface area contributed by atoms with Gasteiger partial charge in [-0.25, -0.2) is 0 Å². The number of benzene rings is 1. The zero-order valence-electron chi connectivity index (χ0n) is 16.6. The van der Waals surface area contributed by atoms with Crippen molar-refractivity contribution in [3.05, 3.63) is 29.3 Å². The summed E-state index contributed by atoms with van der Waals surface area (Å²) in [6.45, 7) is 6.79. The standard InChI is InChI=1S/C22H29N3O3/c1-15-10-17(4-5-20(15)23-6-8-28-9-7-23)22(27)25-14-18-12-19(25)13-24(18)21(26)11-16-2-3-16/h4-5,10,16,18-19H,2-3,6-9,11-14H2,1H3/t18-,19-/m0/s1. The second-order valence-corrected chi connectivity index (χ2v) is 8.80. The van der Waals surface area contributed by atoms with Crippen molar-refractivity contribution in [2.75, 3.05) is 44.3 Å². The Morgan fingerprint density at radius 2 is 1.79 bits per heavy atom. The van der Waals surface area contributed by atoms with Crippen LogP contribution in [0, 0.1) is 12.8 Å². The number of morpholine rings is 1. The topological polar surface area (TPSA) is 53.1 Å². The lowest BCUT2D eigenvalue weighted by Gasteiger charge is -2.35. The molecule has 6 heteroatoms. The van der Waals surface area contributed by atoms with Gasteiger partial charge in [0.1, 0.15) is 0 Å². The van der Waals surface area contributed by atoms with Crippen LogP contribution in [0.4, 0.5) is 5.69 Å². The first-order valence-electron chi connectivity index (χ1n) is 10.6. The van der Waals surface area contributed by atoms with Crippen molar-refractivity contribution in [2.45, 2.75) is 44.7 Å². The lowest BCUT2D eigenvalue weighted by Crippen LogP contribution is -2.50. The van der Waals surface area contributed by atoms with E-state index in [0.29, 0.717) is 31.3 Å². The molecule has 28 heavy (non-hydrogen) atoms. The molecule has 3 heterocycles. The Hall–Kier alpha value is -2.08. The van der Waals surface area contributed by atoms with Gasteiger partial charge in [-0.3, -0.25) is 9.59 Å². The van der Waals surface area contributed by atoms with Gasteiger partial charge in [0.2, 0.25) is 5.91 Å². The number of likely N-dealkylation sites (tertiary alicyclic amines) is 2. The molecule has 1 aliphatic carbocycles. The summed E-state index contributed by atoms with van der Waals surface area (Å²) in [5.74, 6) is 1.03. The Balaban J connectivity index is 1.25. The third-order valence-corrected chi connectivity index (χ3v) is 6.78. The molecule has 6 nitrogen and oxygen atoms in total. The van der Waals surface area contributed by atoms with Crippen molar-refractivity contribution in [1.82, 2.24) is 9.80 Å². The molecule has 2 atom stereocenters. The minimum Gasteiger partial charge on any atom is -0.378 e. The van der Waals surface area contributed by atoms with Crippen LogP contribution in [0.25, 0.3) is 0 Å². The predicted molar refractivity (Wildman–Crippen MR) is 106 cm³/mol. The molecule has 0 unspecified atom stereocenters. The number of hydrogen-bond donors (Lipinski definition) is 0. The van der Waals surface area contributed by atoms with Crippen molar-refractivity contribution < 1.29 is 14.3 Å². The summed E-state index contributed by atoms with van der Waals surface area (Å²) >= 11 is 0. The van der Waals surface area contributed by atoms with Crippen LogP contribution in [0.1, 0.15) is 41.6 Å². The number of anilines is 1. The molecule has 0 aromatic heterocycles. The highest BCUT2D eigenvalue weighted by atomic mass is 16.5. The van der Waals surface area contributed by atoms with Gasteiger partial charge in [0.25, 0.3) is 5.91 Å². The van der Waals surface area contributed by atoms with Gasteiger partial charge in [0.05, 0.1) is 25.3 Å². The number of amides is 2. The quantitative estimate of drug-likeness (QED) is 0.799. The summed E-state index contributed by atoms with van der Waals surface area (Å²) in [5.41, 5.74) is 3.09. The molecule has 2 bridgehead atoms. The summed E-state index contributed by atoms with van der Waals surface area (Å²) in [7, 11) is 0. The normalized spacial score (nSPS) is 26.8. The van der Waals surface area contributed by atoms with Crippen molar-refractivity contribution in [1.29, 1.82) is 0 Å². The largest absolute Gasteiger partial charge is 0.378 e. The number of aryl methyl sites for hydroxylation is 1. The smallest absolute Gasteiger partial charge is 0.254 e. The van der Waals surface area contributed by atoms with Gasteiger partial charge in [0, 0.05) is 43.9 Å². The highest BCUT2D eigenvalue weighted by Gasteiger charge is 2.47. The zero-order valence-corrected chi connectivity index (χ0v) is 16.6. The molecule has 1 aromatic carbocycles. The third-order valence-electron chi connectivity index (χ3n) is 6.78. The van der Waals surface area contributed by atoms with E-state index < -0.39 is 0 Å². The van der Waals surface area contributed by atoms with E-state index in [1.165, 1.54) is 18.5 Å². The zero-order chi connectivity index (χ0) is 19.3. The summed E-state index contributed by atoms with van der Waals surface area (Å²) in [6.07, 6.45) is 4.06. The minimum atomic E-state index is 0.110. The van der Waals surface area contributed by atoms with Crippen LogP contribution in [0.5, 0.6) is 0 Å². The van der Waals surface area contributed by atoms with Gasteiger partial charge in [-0.05, 0) is 55.9 Å². The van der Waals surface area contributed by atoms with Crippen molar-refractivity contribution in [3.63, 3.8) is 0 Å². The van der Waals surface area contributed by atoms with Crippen LogP contribution >= 0.6 is 0 Å². The van der Waals surface area contributed by atoms with Crippen LogP contribution in [0.15, 0.2) is 18.2 Å². The average molecular weight is 383 g/mol. The summed E-state index contributed by atoms with van der Waals surface area (Å²) in [5, 5.41) is 0. The van der Waals surface area contributed by atoms with Crippen LogP contribution in [-0.2, 0) is 9.53 Å². The van der Waals surface area contributed by atoms with E-state index in [-0.39, 0.29) is 18.0 Å². The number of fused-ring (bicyclic) bond motifs is 2. The van der Waals surface area contributed by atoms with Crippen LogP contribution < -0.4 is 4.90 Å². The Labute approximate surface area is 166 Å². The first-order chi connectivity index (χ1) is 13.6. The molecule has 4 aliphatic rings. The molecule has 5 rings (SSSR count). The van der Waals surface area contributed by atoms with E-state index in [4.69, 9.17) is 4.74 Å². The fraction of sp³-hybridized carbons (Fsp3) is 0.636. The van der Waals surface area contributed by atoms with Crippen molar-refractivity contribution in [3.8, 4) is 0 Å². The highest BCUT2D eigenvalue weighted by Crippen LogP contribution is 2.37. The molecule has 3 aliphatic heterocycles. The fourth-order valence-corrected chi connectivity index (χ4v) is 5.02. The van der Waals surface area contributed by atoms with E-state index in [0.717, 1.165) is 43.9 Å². The molecule has 4 fully saturated rings. The van der Waals surface area contributed by atoms with Crippen LogP contribution in [0.2, 0.25) is 0 Å². The summed E-state index contributed by atoms with van der Waals surface area (Å²) in [4.78, 5) is 32.0. The van der Waals surface area contributed by atoms with E-state index in [2.05, 4.69) is 17.9 Å². The van der Waals surface area contributed by atoms with Crippen molar-refractivity contribution in [2.24, 2.45) is 5.92 Å². The molecule has 150 valence electrons. The van der Waals surface area contributed by atoms with Gasteiger partial charge in [0.15, 0.2) is 0 Å². The summed E-state index contributed by atoms with van der Waals surface area (Å²) < 4.78 is 5.44. The molecule has 3 saturated heterocycles. The maximum absolute atomic E-state index is 13.1. The second-order valence-electron chi connectivity index (χ2n) is 8.80. The SMILES string of the molecule is Cc1cc(C(=O)N2C[C@@H]3C[C@H]2CN3C(=O)CC2CC2)ccc1N1CCOCC1. The van der Waals surface area contributed by atoms with E-state index >= 15 is 0 Å². The van der Waals surface area contributed by atoms with Gasteiger partial charge in [-0.15, -0.1) is 0 Å². The number of nitrogens with zero attached hydrogens (tertiary/aromatic N) is 3. The Kier molecular flexibility index (Phi) is 4.54. The molecular formula is C22H29N3O3. The van der Waals surface area contributed by atoms with Crippen LogP contribution in [0.3, 0.4) is 0 Å². The first kappa shape index (κ1) is 18.0. The van der Waals surface area contributed by atoms with E-state index in [1.807, 2.05) is 21.9 Å². The molecule has 0 N–H and O–H groups in total. The Morgan fingerprint density at radius 3 is 2.43 bits per heavy atom.